The van der Waals surface area contributed by atoms with Crippen LogP contribution in [0.25, 0.3) is 0 Å². The molecule has 5 heteroatoms. The fraction of sp³-hybridized carbons (Fsp3) is 0.500. The molecule has 2 N–H and O–H groups in total. The third kappa shape index (κ3) is 4.17. The number of hydrogen-bond acceptors (Lipinski definition) is 5. The molecule has 0 fully saturated rings. The van der Waals surface area contributed by atoms with Gasteiger partial charge in [-0.3, -0.25) is 0 Å². The van der Waals surface area contributed by atoms with Crippen molar-refractivity contribution in [1.82, 2.24) is 9.97 Å². The number of aryl methyl sites for hydroxylation is 1. The van der Waals surface area contributed by atoms with Crippen molar-refractivity contribution in [2.24, 2.45) is 0 Å². The van der Waals surface area contributed by atoms with Crippen LogP contribution >= 0.6 is 11.3 Å². The highest BCUT2D eigenvalue weighted by molar-refractivity contribution is 7.09. The molecule has 2 rings (SSSR count). The third-order valence-electron chi connectivity index (χ3n) is 3.32. The SMILES string of the molecule is CCNc1nc(CC)nc(NC(C)Cc2cccs2)c1C. The van der Waals surface area contributed by atoms with Gasteiger partial charge in [0.25, 0.3) is 0 Å². The second-order valence-electron chi connectivity index (χ2n) is 5.17. The summed E-state index contributed by atoms with van der Waals surface area (Å²) in [5, 5.41) is 8.98. The highest BCUT2D eigenvalue weighted by Gasteiger charge is 2.12. The van der Waals surface area contributed by atoms with E-state index in [1.165, 1.54) is 4.88 Å². The molecular weight excluding hydrogens is 280 g/mol. The highest BCUT2D eigenvalue weighted by atomic mass is 32.1. The van der Waals surface area contributed by atoms with E-state index in [1.807, 2.05) is 0 Å². The van der Waals surface area contributed by atoms with Crippen LogP contribution < -0.4 is 10.6 Å². The second-order valence-corrected chi connectivity index (χ2v) is 6.21. The molecule has 0 radical (unpaired) electrons. The Balaban J connectivity index is 2.15. The van der Waals surface area contributed by atoms with Crippen LogP contribution in [0.5, 0.6) is 0 Å². The highest BCUT2D eigenvalue weighted by Crippen LogP contribution is 2.22. The van der Waals surface area contributed by atoms with Gasteiger partial charge in [0.2, 0.25) is 0 Å². The maximum atomic E-state index is 4.64. The van der Waals surface area contributed by atoms with Crippen LogP contribution in [0.1, 0.15) is 37.0 Å². The molecule has 0 bridgehead atoms. The molecule has 1 unspecified atom stereocenters. The van der Waals surface area contributed by atoms with Crippen molar-refractivity contribution >= 4 is 23.0 Å². The summed E-state index contributed by atoms with van der Waals surface area (Å²) >= 11 is 1.80. The van der Waals surface area contributed by atoms with Crippen molar-refractivity contribution in [3.63, 3.8) is 0 Å². The zero-order chi connectivity index (χ0) is 15.2. The first-order valence-electron chi connectivity index (χ1n) is 7.54. The summed E-state index contributed by atoms with van der Waals surface area (Å²) in [6.07, 6.45) is 1.85. The molecule has 2 aromatic rings. The lowest BCUT2D eigenvalue weighted by Crippen LogP contribution is -2.20. The van der Waals surface area contributed by atoms with Crippen LogP contribution in [-0.4, -0.2) is 22.6 Å². The Morgan fingerprint density at radius 1 is 1.24 bits per heavy atom. The molecule has 1 atom stereocenters. The van der Waals surface area contributed by atoms with Gasteiger partial charge in [-0.25, -0.2) is 9.97 Å². The van der Waals surface area contributed by atoms with E-state index in [2.05, 4.69) is 65.8 Å². The normalized spacial score (nSPS) is 12.2. The van der Waals surface area contributed by atoms with Crippen LogP contribution in [0.4, 0.5) is 11.6 Å². The number of nitrogens with zero attached hydrogens (tertiary/aromatic N) is 2. The van der Waals surface area contributed by atoms with Crippen LogP contribution in [0.15, 0.2) is 17.5 Å². The van der Waals surface area contributed by atoms with Gasteiger partial charge in [0.05, 0.1) is 0 Å². The van der Waals surface area contributed by atoms with E-state index < -0.39 is 0 Å². The number of nitrogens with one attached hydrogen (secondary N) is 2. The number of anilines is 2. The summed E-state index contributed by atoms with van der Waals surface area (Å²) in [4.78, 5) is 10.6. The van der Waals surface area contributed by atoms with Crippen molar-refractivity contribution in [2.75, 3.05) is 17.2 Å². The first kappa shape index (κ1) is 15.8. The van der Waals surface area contributed by atoms with Gasteiger partial charge < -0.3 is 10.6 Å². The van der Waals surface area contributed by atoms with Crippen LogP contribution in [-0.2, 0) is 12.8 Å². The minimum absolute atomic E-state index is 0.344. The first-order valence-corrected chi connectivity index (χ1v) is 8.42. The summed E-state index contributed by atoms with van der Waals surface area (Å²) < 4.78 is 0. The molecule has 0 amide bonds. The summed E-state index contributed by atoms with van der Waals surface area (Å²) in [7, 11) is 0. The Bertz CT molecular complexity index is 566. The molecule has 2 aromatic heterocycles. The zero-order valence-corrected chi connectivity index (χ0v) is 14.0. The third-order valence-corrected chi connectivity index (χ3v) is 4.22. The standard InChI is InChI=1S/C16H24N4S/c1-5-14-19-15(17-6-2)12(4)16(20-14)18-11(3)10-13-8-7-9-21-13/h7-9,11H,5-6,10H2,1-4H3,(H2,17,18,19,20). The molecule has 0 saturated heterocycles. The van der Waals surface area contributed by atoms with E-state index >= 15 is 0 Å². The van der Waals surface area contributed by atoms with Gasteiger partial charge in [-0.15, -0.1) is 11.3 Å². The average molecular weight is 304 g/mol. The van der Waals surface area contributed by atoms with Gasteiger partial charge in [0, 0.05) is 35.9 Å². The number of aromatic nitrogens is 2. The molecule has 2 heterocycles. The van der Waals surface area contributed by atoms with E-state index in [9.17, 15) is 0 Å². The van der Waals surface area contributed by atoms with E-state index in [4.69, 9.17) is 0 Å². The van der Waals surface area contributed by atoms with Crippen molar-refractivity contribution in [2.45, 2.75) is 46.6 Å². The van der Waals surface area contributed by atoms with Gasteiger partial charge in [-0.2, -0.15) is 0 Å². The minimum atomic E-state index is 0.344. The van der Waals surface area contributed by atoms with Gasteiger partial charge in [-0.05, 0) is 32.2 Å². The fourth-order valence-electron chi connectivity index (χ4n) is 2.22. The van der Waals surface area contributed by atoms with Crippen molar-refractivity contribution in [1.29, 1.82) is 0 Å². The monoisotopic (exact) mass is 304 g/mol. The molecule has 0 saturated carbocycles. The summed E-state index contributed by atoms with van der Waals surface area (Å²) in [6, 6.07) is 4.62. The molecule has 114 valence electrons. The van der Waals surface area contributed by atoms with Crippen LogP contribution in [0.3, 0.4) is 0 Å². The molecule has 21 heavy (non-hydrogen) atoms. The van der Waals surface area contributed by atoms with Gasteiger partial charge in [-0.1, -0.05) is 13.0 Å². The smallest absolute Gasteiger partial charge is 0.134 e. The largest absolute Gasteiger partial charge is 0.370 e. The number of hydrogen-bond donors (Lipinski definition) is 2. The molecule has 0 spiro atoms. The zero-order valence-electron chi connectivity index (χ0n) is 13.2. The summed E-state index contributed by atoms with van der Waals surface area (Å²) in [5.74, 6) is 2.76. The summed E-state index contributed by atoms with van der Waals surface area (Å²) in [5.41, 5.74) is 1.09. The first-order chi connectivity index (χ1) is 10.1. The van der Waals surface area contributed by atoms with Gasteiger partial charge >= 0.3 is 0 Å². The van der Waals surface area contributed by atoms with Crippen molar-refractivity contribution < 1.29 is 0 Å². The molecule has 0 aliphatic carbocycles. The molecule has 0 aromatic carbocycles. The fourth-order valence-corrected chi connectivity index (χ4v) is 3.05. The number of thiophene rings is 1. The Morgan fingerprint density at radius 3 is 2.62 bits per heavy atom. The Labute approximate surface area is 131 Å². The molecular formula is C16H24N4S. The lowest BCUT2D eigenvalue weighted by molar-refractivity contribution is 0.786. The Morgan fingerprint density at radius 2 is 2.00 bits per heavy atom. The molecule has 0 aliphatic heterocycles. The van der Waals surface area contributed by atoms with Crippen molar-refractivity contribution in [3.05, 3.63) is 33.8 Å². The van der Waals surface area contributed by atoms with Crippen molar-refractivity contribution in [3.8, 4) is 0 Å². The quantitative estimate of drug-likeness (QED) is 0.815. The predicted molar refractivity (Wildman–Crippen MR) is 91.4 cm³/mol. The Kier molecular flexibility index (Phi) is 5.56. The topological polar surface area (TPSA) is 49.8 Å². The lowest BCUT2D eigenvalue weighted by Gasteiger charge is -2.18. The average Bonchev–Trinajstić information content (AvgIpc) is 2.96. The second kappa shape index (κ2) is 7.41. The number of rotatable bonds is 7. The lowest BCUT2D eigenvalue weighted by atomic mass is 10.2. The van der Waals surface area contributed by atoms with E-state index in [1.54, 1.807) is 11.3 Å². The van der Waals surface area contributed by atoms with Gasteiger partial charge in [0.15, 0.2) is 0 Å². The summed E-state index contributed by atoms with van der Waals surface area (Å²) in [6.45, 7) is 9.29. The van der Waals surface area contributed by atoms with E-state index in [0.717, 1.165) is 42.4 Å². The van der Waals surface area contributed by atoms with E-state index in [-0.39, 0.29) is 0 Å². The van der Waals surface area contributed by atoms with Gasteiger partial charge in [0.1, 0.15) is 17.5 Å². The molecule has 4 nitrogen and oxygen atoms in total. The predicted octanol–water partition coefficient (Wildman–Crippen LogP) is 3.88. The maximum Gasteiger partial charge on any atom is 0.134 e. The Hall–Kier alpha value is -1.62. The molecule has 0 aliphatic rings. The minimum Gasteiger partial charge on any atom is -0.370 e. The van der Waals surface area contributed by atoms with Crippen LogP contribution in [0, 0.1) is 6.92 Å². The van der Waals surface area contributed by atoms with E-state index in [0.29, 0.717) is 6.04 Å². The maximum absolute atomic E-state index is 4.64. The van der Waals surface area contributed by atoms with Crippen LogP contribution in [0.2, 0.25) is 0 Å².